The van der Waals surface area contributed by atoms with E-state index in [4.69, 9.17) is 27.8 Å². The van der Waals surface area contributed by atoms with E-state index in [-0.39, 0.29) is 5.95 Å². The minimum atomic E-state index is 0.170. The minimum Gasteiger partial charge on any atom is -0.495 e. The van der Waals surface area contributed by atoms with Crippen molar-refractivity contribution < 1.29 is 4.74 Å². The van der Waals surface area contributed by atoms with E-state index in [1.165, 1.54) is 0 Å². The van der Waals surface area contributed by atoms with Crippen molar-refractivity contribution in [3.05, 3.63) is 40.5 Å². The normalized spacial score (nSPS) is 10.3. The van der Waals surface area contributed by atoms with Gasteiger partial charge in [-0.3, -0.25) is 0 Å². The molecule has 2 aromatic rings. The van der Waals surface area contributed by atoms with Crippen molar-refractivity contribution in [2.24, 2.45) is 0 Å². The molecule has 94 valence electrons. The van der Waals surface area contributed by atoms with Gasteiger partial charge in [0.1, 0.15) is 11.6 Å². The van der Waals surface area contributed by atoms with Gasteiger partial charge in [0.2, 0.25) is 5.95 Å². The molecule has 0 spiro atoms. The van der Waals surface area contributed by atoms with Crippen molar-refractivity contribution in [3.63, 3.8) is 0 Å². The Hall–Kier alpha value is -2.01. The number of nitrogens with two attached hydrogens (primary N) is 2. The lowest BCUT2D eigenvalue weighted by molar-refractivity contribution is 0.415. The Balaban J connectivity index is 2.26. The average molecular weight is 265 g/mol. The van der Waals surface area contributed by atoms with Gasteiger partial charge in [-0.25, -0.2) is 4.98 Å². The molecule has 18 heavy (non-hydrogen) atoms. The maximum atomic E-state index is 6.05. The minimum absolute atomic E-state index is 0.170. The van der Waals surface area contributed by atoms with Crippen molar-refractivity contribution in [3.8, 4) is 5.75 Å². The van der Waals surface area contributed by atoms with Gasteiger partial charge in [-0.2, -0.15) is 4.98 Å². The summed E-state index contributed by atoms with van der Waals surface area (Å²) in [6.07, 6.45) is 2.21. The molecular weight excluding hydrogens is 252 g/mol. The zero-order valence-electron chi connectivity index (χ0n) is 9.85. The van der Waals surface area contributed by atoms with E-state index in [1.807, 2.05) is 18.2 Å². The Morgan fingerprint density at radius 2 is 2.11 bits per heavy atom. The number of hydrogen-bond acceptors (Lipinski definition) is 5. The molecular formula is C12H13ClN4O. The second-order valence-corrected chi connectivity index (χ2v) is 4.19. The predicted molar refractivity (Wildman–Crippen MR) is 71.7 cm³/mol. The van der Waals surface area contributed by atoms with Crippen molar-refractivity contribution in [1.82, 2.24) is 9.97 Å². The average Bonchev–Trinajstić information content (AvgIpc) is 2.33. The second kappa shape index (κ2) is 5.10. The molecule has 0 atom stereocenters. The van der Waals surface area contributed by atoms with E-state index in [1.54, 1.807) is 13.3 Å². The van der Waals surface area contributed by atoms with Gasteiger partial charge in [0.25, 0.3) is 0 Å². The quantitative estimate of drug-likeness (QED) is 0.884. The molecule has 0 saturated carbocycles. The summed E-state index contributed by atoms with van der Waals surface area (Å²) in [7, 11) is 1.58. The molecule has 0 fully saturated rings. The number of methoxy groups -OCH3 is 1. The van der Waals surface area contributed by atoms with E-state index >= 15 is 0 Å². The summed E-state index contributed by atoms with van der Waals surface area (Å²) in [5, 5.41) is 0.560. The van der Waals surface area contributed by atoms with Gasteiger partial charge in [-0.05, 0) is 17.7 Å². The van der Waals surface area contributed by atoms with E-state index in [9.17, 15) is 0 Å². The Morgan fingerprint density at radius 1 is 1.33 bits per heavy atom. The molecule has 0 radical (unpaired) electrons. The fraction of sp³-hybridized carbons (Fsp3) is 0.167. The van der Waals surface area contributed by atoms with Crippen LogP contribution in [0, 0.1) is 0 Å². The molecule has 0 aliphatic rings. The van der Waals surface area contributed by atoms with Crippen LogP contribution in [0.1, 0.15) is 11.1 Å². The predicted octanol–water partition coefficient (Wildman–Crippen LogP) is 1.89. The van der Waals surface area contributed by atoms with E-state index in [0.717, 1.165) is 11.1 Å². The molecule has 1 aromatic heterocycles. The Kier molecular flexibility index (Phi) is 3.53. The lowest BCUT2D eigenvalue weighted by Gasteiger charge is -2.07. The zero-order valence-corrected chi connectivity index (χ0v) is 10.6. The molecule has 0 bridgehead atoms. The highest BCUT2D eigenvalue weighted by molar-refractivity contribution is 6.32. The number of benzene rings is 1. The first-order valence-electron chi connectivity index (χ1n) is 5.29. The highest BCUT2D eigenvalue weighted by Crippen LogP contribution is 2.26. The molecule has 5 nitrogen and oxygen atoms in total. The topological polar surface area (TPSA) is 87.0 Å². The number of nitrogens with zero attached hydrogens (tertiary/aromatic N) is 2. The van der Waals surface area contributed by atoms with Crippen LogP contribution < -0.4 is 16.2 Å². The Bertz CT molecular complexity index is 574. The largest absolute Gasteiger partial charge is 0.495 e. The lowest BCUT2D eigenvalue weighted by atomic mass is 10.1. The summed E-state index contributed by atoms with van der Waals surface area (Å²) >= 11 is 6.05. The number of rotatable bonds is 3. The first-order chi connectivity index (χ1) is 8.60. The maximum absolute atomic E-state index is 6.05. The number of halogens is 1. The Morgan fingerprint density at radius 3 is 2.72 bits per heavy atom. The highest BCUT2D eigenvalue weighted by Gasteiger charge is 2.06. The molecule has 0 saturated heterocycles. The van der Waals surface area contributed by atoms with Crippen LogP contribution in [-0.4, -0.2) is 17.1 Å². The second-order valence-electron chi connectivity index (χ2n) is 3.78. The highest BCUT2D eigenvalue weighted by atomic mass is 35.5. The maximum Gasteiger partial charge on any atom is 0.221 e. The van der Waals surface area contributed by atoms with Crippen molar-refractivity contribution in [1.29, 1.82) is 0 Å². The number of nitrogen functional groups attached to an aromatic ring is 2. The molecule has 0 amide bonds. The zero-order chi connectivity index (χ0) is 13.1. The first-order valence-corrected chi connectivity index (χ1v) is 5.67. The standard InChI is InChI=1S/C12H13ClN4O/c1-18-10-3-2-7(5-9(10)13)4-8-6-16-12(15)17-11(8)14/h2-3,5-6H,4H2,1H3,(H4,14,15,16,17). The van der Waals surface area contributed by atoms with Crippen LogP contribution in [-0.2, 0) is 6.42 Å². The van der Waals surface area contributed by atoms with Crippen LogP contribution in [0.2, 0.25) is 5.02 Å². The van der Waals surface area contributed by atoms with Gasteiger partial charge < -0.3 is 16.2 Å². The van der Waals surface area contributed by atoms with Gasteiger partial charge in [0.05, 0.1) is 12.1 Å². The molecule has 6 heteroatoms. The summed E-state index contributed by atoms with van der Waals surface area (Å²) in [4.78, 5) is 7.83. The summed E-state index contributed by atoms with van der Waals surface area (Å²) in [5.74, 6) is 1.19. The van der Waals surface area contributed by atoms with Crippen LogP contribution in [0.4, 0.5) is 11.8 Å². The molecule has 0 aliphatic carbocycles. The third kappa shape index (κ3) is 2.62. The smallest absolute Gasteiger partial charge is 0.221 e. The number of aromatic nitrogens is 2. The van der Waals surface area contributed by atoms with Crippen molar-refractivity contribution >= 4 is 23.4 Å². The van der Waals surface area contributed by atoms with Crippen molar-refractivity contribution in [2.75, 3.05) is 18.6 Å². The van der Waals surface area contributed by atoms with E-state index in [2.05, 4.69) is 9.97 Å². The number of ether oxygens (including phenoxy) is 1. The monoisotopic (exact) mass is 264 g/mol. The van der Waals surface area contributed by atoms with Crippen LogP contribution >= 0.6 is 11.6 Å². The molecule has 0 aliphatic heterocycles. The number of hydrogen-bond donors (Lipinski definition) is 2. The van der Waals surface area contributed by atoms with Crippen LogP contribution in [0.15, 0.2) is 24.4 Å². The SMILES string of the molecule is COc1ccc(Cc2cnc(N)nc2N)cc1Cl. The van der Waals surface area contributed by atoms with Crippen LogP contribution in [0.5, 0.6) is 5.75 Å². The van der Waals surface area contributed by atoms with Crippen LogP contribution in [0.3, 0.4) is 0 Å². The summed E-state index contributed by atoms with van der Waals surface area (Å²) in [5.41, 5.74) is 13.0. The first kappa shape index (κ1) is 12.4. The van der Waals surface area contributed by atoms with Gasteiger partial charge in [-0.15, -0.1) is 0 Å². The van der Waals surface area contributed by atoms with Gasteiger partial charge in [0.15, 0.2) is 0 Å². The summed E-state index contributed by atoms with van der Waals surface area (Å²) < 4.78 is 5.09. The molecule has 0 unspecified atom stereocenters. The molecule has 4 N–H and O–H groups in total. The van der Waals surface area contributed by atoms with Gasteiger partial charge in [-0.1, -0.05) is 17.7 Å². The van der Waals surface area contributed by atoms with E-state index < -0.39 is 0 Å². The lowest BCUT2D eigenvalue weighted by Crippen LogP contribution is -2.04. The summed E-state index contributed by atoms with van der Waals surface area (Å²) in [6, 6.07) is 5.56. The van der Waals surface area contributed by atoms with Crippen LogP contribution in [0.25, 0.3) is 0 Å². The van der Waals surface area contributed by atoms with Crippen molar-refractivity contribution in [2.45, 2.75) is 6.42 Å². The molecule has 1 heterocycles. The number of anilines is 2. The molecule has 1 aromatic carbocycles. The van der Waals surface area contributed by atoms with E-state index in [0.29, 0.717) is 23.0 Å². The van der Waals surface area contributed by atoms with Gasteiger partial charge >= 0.3 is 0 Å². The third-order valence-electron chi connectivity index (χ3n) is 2.53. The Labute approximate surface area is 110 Å². The fourth-order valence-corrected chi connectivity index (χ4v) is 1.89. The summed E-state index contributed by atoms with van der Waals surface area (Å²) in [6.45, 7) is 0. The van der Waals surface area contributed by atoms with Gasteiger partial charge in [0, 0.05) is 18.2 Å². The fourth-order valence-electron chi connectivity index (χ4n) is 1.61. The molecule has 2 rings (SSSR count). The third-order valence-corrected chi connectivity index (χ3v) is 2.82.